The van der Waals surface area contributed by atoms with E-state index in [0.717, 1.165) is 80.5 Å². The van der Waals surface area contributed by atoms with Gasteiger partial charge < -0.3 is 14.4 Å². The van der Waals surface area contributed by atoms with E-state index in [1.807, 2.05) is 11.6 Å². The van der Waals surface area contributed by atoms with Crippen LogP contribution in [-0.4, -0.2) is 87.8 Å². The number of anilines is 2. The molecule has 0 radical (unpaired) electrons. The summed E-state index contributed by atoms with van der Waals surface area (Å²) >= 11 is 0. The predicted molar refractivity (Wildman–Crippen MR) is 161 cm³/mol. The number of hydrogen-bond donors (Lipinski definition) is 1. The average Bonchev–Trinajstić information content (AvgIpc) is 3.73. The summed E-state index contributed by atoms with van der Waals surface area (Å²) in [4.78, 5) is 18.9. The Bertz CT molecular complexity index is 1720. The smallest absolute Gasteiger partial charge is 0.226 e. The number of benzene rings is 1. The Balaban J connectivity index is 1.19. The normalized spacial score (nSPS) is 18.2. The Morgan fingerprint density at radius 2 is 1.88 bits per heavy atom. The molecule has 0 unspecified atom stereocenters. The van der Waals surface area contributed by atoms with Crippen LogP contribution in [0.15, 0.2) is 46.9 Å². The SMILES string of the molecule is C=NNc1c(-c2ccc(N3CCC(N4CCOCC4)CC3)n3ncnc23)cnc(=NCc2c(F)ccc3c2CCO3)n1C. The Morgan fingerprint density at radius 3 is 2.70 bits per heavy atom. The van der Waals surface area contributed by atoms with E-state index in [-0.39, 0.29) is 12.4 Å². The van der Waals surface area contributed by atoms with Gasteiger partial charge in [-0.1, -0.05) is 0 Å². The summed E-state index contributed by atoms with van der Waals surface area (Å²) in [5.41, 5.74) is 7.16. The molecule has 43 heavy (non-hydrogen) atoms. The number of ether oxygens (including phenoxy) is 2. The van der Waals surface area contributed by atoms with Crippen molar-refractivity contribution in [1.82, 2.24) is 29.0 Å². The van der Waals surface area contributed by atoms with Crippen LogP contribution in [0.4, 0.5) is 16.0 Å². The van der Waals surface area contributed by atoms with Gasteiger partial charge in [-0.3, -0.25) is 14.9 Å². The van der Waals surface area contributed by atoms with Gasteiger partial charge in [0.1, 0.15) is 29.5 Å². The van der Waals surface area contributed by atoms with Crippen molar-refractivity contribution >= 4 is 24.0 Å². The van der Waals surface area contributed by atoms with E-state index in [2.05, 4.69) is 59.2 Å². The summed E-state index contributed by atoms with van der Waals surface area (Å²) in [6, 6.07) is 7.85. The van der Waals surface area contributed by atoms with Gasteiger partial charge in [0.15, 0.2) is 5.65 Å². The topological polar surface area (TPSA) is 110 Å². The molecule has 224 valence electrons. The number of rotatable bonds is 7. The average molecular weight is 587 g/mol. The highest BCUT2D eigenvalue weighted by atomic mass is 19.1. The van der Waals surface area contributed by atoms with Crippen molar-refractivity contribution < 1.29 is 13.9 Å². The summed E-state index contributed by atoms with van der Waals surface area (Å²) in [7, 11) is 1.84. The molecule has 3 aromatic heterocycles. The van der Waals surface area contributed by atoms with E-state index in [9.17, 15) is 4.39 Å². The lowest BCUT2D eigenvalue weighted by Gasteiger charge is -2.40. The van der Waals surface area contributed by atoms with Crippen LogP contribution in [-0.2, 0) is 24.8 Å². The van der Waals surface area contributed by atoms with Gasteiger partial charge in [-0.05, 0) is 37.1 Å². The van der Waals surface area contributed by atoms with Crippen LogP contribution < -0.4 is 20.7 Å². The van der Waals surface area contributed by atoms with Crippen LogP contribution in [0.1, 0.15) is 24.0 Å². The standard InChI is InChI=1S/C30H35FN10O2/c1-32-37-29-24(18-34-30(38(29)2)33-17-23-21-9-14-43-26(21)5-4-25(23)31)22-3-6-27(41-28(22)35-19-36-41)40-10-7-20(8-11-40)39-12-15-42-16-13-39/h3-6,18-20,37H,1,7-17H2,2H3. The van der Waals surface area contributed by atoms with E-state index in [4.69, 9.17) is 9.47 Å². The van der Waals surface area contributed by atoms with Crippen LogP contribution in [0.2, 0.25) is 0 Å². The molecule has 2 saturated heterocycles. The van der Waals surface area contributed by atoms with Crippen LogP contribution in [0.3, 0.4) is 0 Å². The number of halogens is 1. The van der Waals surface area contributed by atoms with Gasteiger partial charge in [-0.25, -0.2) is 19.4 Å². The summed E-state index contributed by atoms with van der Waals surface area (Å²) in [6.07, 6.45) is 6.18. The van der Waals surface area contributed by atoms with Crippen molar-refractivity contribution in [2.24, 2.45) is 17.1 Å². The number of nitrogens with one attached hydrogen (secondary N) is 1. The Hall–Kier alpha value is -4.36. The van der Waals surface area contributed by atoms with Crippen molar-refractivity contribution in [1.29, 1.82) is 0 Å². The molecule has 13 heteroatoms. The first kappa shape index (κ1) is 27.5. The predicted octanol–water partition coefficient (Wildman–Crippen LogP) is 2.63. The van der Waals surface area contributed by atoms with Crippen LogP contribution >= 0.6 is 0 Å². The molecule has 4 aromatic rings. The highest BCUT2D eigenvalue weighted by Crippen LogP contribution is 2.33. The fraction of sp³-hybridized carbons (Fsp3) is 0.433. The maximum Gasteiger partial charge on any atom is 0.226 e. The number of piperidine rings is 1. The van der Waals surface area contributed by atoms with Gasteiger partial charge in [0.05, 0.1) is 26.4 Å². The minimum absolute atomic E-state index is 0.144. The van der Waals surface area contributed by atoms with E-state index in [1.165, 1.54) is 6.07 Å². The molecule has 0 saturated carbocycles. The number of morpholine rings is 1. The molecule has 0 amide bonds. The molecule has 0 bridgehead atoms. The van der Waals surface area contributed by atoms with Crippen LogP contribution in [0, 0.1) is 5.82 Å². The third-order valence-corrected chi connectivity index (χ3v) is 8.75. The number of nitrogens with zero attached hydrogens (tertiary/aromatic N) is 9. The maximum atomic E-state index is 14.7. The van der Waals surface area contributed by atoms with Gasteiger partial charge in [0, 0.05) is 80.9 Å². The van der Waals surface area contributed by atoms with Crippen molar-refractivity contribution in [2.75, 3.05) is 56.3 Å². The fourth-order valence-corrected chi connectivity index (χ4v) is 6.49. The number of aromatic nitrogens is 5. The maximum absolute atomic E-state index is 14.7. The summed E-state index contributed by atoms with van der Waals surface area (Å²) in [6.45, 7) is 9.91. The zero-order chi connectivity index (χ0) is 29.3. The first-order valence-electron chi connectivity index (χ1n) is 14.7. The quantitative estimate of drug-likeness (QED) is 0.260. The molecular formula is C30H35FN10O2. The van der Waals surface area contributed by atoms with E-state index < -0.39 is 0 Å². The molecule has 3 aliphatic heterocycles. The molecule has 7 rings (SSSR count). The van der Waals surface area contributed by atoms with Gasteiger partial charge in [0.2, 0.25) is 5.62 Å². The second-order valence-corrected chi connectivity index (χ2v) is 11.0. The summed E-state index contributed by atoms with van der Waals surface area (Å²) < 4.78 is 29.6. The first-order valence-corrected chi connectivity index (χ1v) is 14.7. The van der Waals surface area contributed by atoms with Gasteiger partial charge in [-0.2, -0.15) is 14.7 Å². The molecule has 0 atom stereocenters. The molecule has 1 N–H and O–H groups in total. The Morgan fingerprint density at radius 1 is 1.05 bits per heavy atom. The number of fused-ring (bicyclic) bond motifs is 2. The lowest BCUT2D eigenvalue weighted by Crippen LogP contribution is -2.49. The molecular weight excluding hydrogens is 551 g/mol. The van der Waals surface area contributed by atoms with Gasteiger partial charge in [0.25, 0.3) is 0 Å². The van der Waals surface area contributed by atoms with Crippen LogP contribution in [0.5, 0.6) is 5.75 Å². The molecule has 6 heterocycles. The molecule has 3 aliphatic rings. The molecule has 12 nitrogen and oxygen atoms in total. The Kier molecular flexibility index (Phi) is 7.49. The molecule has 2 fully saturated rings. The second kappa shape index (κ2) is 11.7. The molecule has 0 aliphatic carbocycles. The van der Waals surface area contributed by atoms with E-state index >= 15 is 0 Å². The zero-order valence-corrected chi connectivity index (χ0v) is 24.2. The summed E-state index contributed by atoms with van der Waals surface area (Å²) in [5, 5.41) is 8.54. The second-order valence-electron chi connectivity index (χ2n) is 11.0. The van der Waals surface area contributed by atoms with E-state index in [1.54, 1.807) is 23.2 Å². The van der Waals surface area contributed by atoms with Crippen molar-refractivity contribution in [3.63, 3.8) is 0 Å². The molecule has 0 spiro atoms. The van der Waals surface area contributed by atoms with Gasteiger partial charge in [-0.15, -0.1) is 0 Å². The largest absolute Gasteiger partial charge is 0.493 e. The van der Waals surface area contributed by atoms with Crippen molar-refractivity contribution in [2.45, 2.75) is 31.8 Å². The highest BCUT2D eigenvalue weighted by molar-refractivity contribution is 5.85. The van der Waals surface area contributed by atoms with Crippen molar-refractivity contribution in [3.8, 4) is 16.9 Å². The monoisotopic (exact) mass is 586 g/mol. The Labute approximate surface area is 248 Å². The fourth-order valence-electron chi connectivity index (χ4n) is 6.49. The third kappa shape index (κ3) is 5.12. The minimum atomic E-state index is -0.294. The first-order chi connectivity index (χ1) is 21.1. The lowest BCUT2D eigenvalue weighted by atomic mass is 10.0. The molecule has 1 aromatic carbocycles. The van der Waals surface area contributed by atoms with Crippen molar-refractivity contribution in [3.05, 3.63) is 59.4 Å². The lowest BCUT2D eigenvalue weighted by molar-refractivity contribution is 0.0114. The minimum Gasteiger partial charge on any atom is -0.493 e. The van der Waals surface area contributed by atoms with Crippen LogP contribution in [0.25, 0.3) is 16.8 Å². The third-order valence-electron chi connectivity index (χ3n) is 8.75. The summed E-state index contributed by atoms with van der Waals surface area (Å²) in [5.74, 6) is 2.07. The van der Waals surface area contributed by atoms with Gasteiger partial charge >= 0.3 is 0 Å². The number of hydrogen-bond acceptors (Lipinski definition) is 10. The highest BCUT2D eigenvalue weighted by Gasteiger charge is 2.28. The number of pyridine rings is 1. The zero-order valence-electron chi connectivity index (χ0n) is 24.2. The van der Waals surface area contributed by atoms with E-state index in [0.29, 0.717) is 41.7 Å². The number of hydrazone groups is 1.